The molecule has 0 saturated heterocycles. The van der Waals surface area contributed by atoms with Crippen LogP contribution in [0.5, 0.6) is 17.2 Å². The largest absolute Gasteiger partial charge is 0.493 e. The maximum Gasteiger partial charge on any atom is 0.203 e. The standard InChI is InChI=1S/C16H24O5/c1-6-7-11-8-12(19-4)15(13(9-11)20-5)21-10-14(17)16(2,3)18/h6,8-9,14,17-18H,1,7,10H2,2-5H3/t14-/m0/s1. The minimum Gasteiger partial charge on any atom is -0.493 e. The van der Waals surface area contributed by atoms with Gasteiger partial charge in [-0.2, -0.15) is 0 Å². The summed E-state index contributed by atoms with van der Waals surface area (Å²) in [4.78, 5) is 0. The Morgan fingerprint density at radius 1 is 1.24 bits per heavy atom. The van der Waals surface area contributed by atoms with Crippen LogP contribution in [0.3, 0.4) is 0 Å². The molecule has 0 saturated carbocycles. The van der Waals surface area contributed by atoms with Gasteiger partial charge in [0.1, 0.15) is 12.7 Å². The lowest BCUT2D eigenvalue weighted by molar-refractivity contribution is -0.0666. The number of hydrogen-bond donors (Lipinski definition) is 2. The Balaban J connectivity index is 3.02. The summed E-state index contributed by atoms with van der Waals surface area (Å²) < 4.78 is 16.2. The Morgan fingerprint density at radius 3 is 2.14 bits per heavy atom. The number of rotatable bonds is 8. The van der Waals surface area contributed by atoms with Crippen molar-refractivity contribution in [2.45, 2.75) is 32.0 Å². The van der Waals surface area contributed by atoms with E-state index in [-0.39, 0.29) is 6.61 Å². The van der Waals surface area contributed by atoms with Crippen molar-refractivity contribution in [2.75, 3.05) is 20.8 Å². The highest BCUT2D eigenvalue weighted by Gasteiger charge is 2.26. The zero-order valence-electron chi connectivity index (χ0n) is 13.0. The first-order valence-electron chi connectivity index (χ1n) is 6.72. The summed E-state index contributed by atoms with van der Waals surface area (Å²) in [6.07, 6.45) is 1.44. The summed E-state index contributed by atoms with van der Waals surface area (Å²) in [5.41, 5.74) is -0.266. The van der Waals surface area contributed by atoms with Crippen molar-refractivity contribution in [1.82, 2.24) is 0 Å². The molecule has 0 aliphatic rings. The molecule has 0 spiro atoms. The molecule has 1 rings (SSSR count). The van der Waals surface area contributed by atoms with Crippen LogP contribution in [-0.4, -0.2) is 42.7 Å². The molecule has 0 heterocycles. The Labute approximate surface area is 125 Å². The van der Waals surface area contributed by atoms with Gasteiger partial charge < -0.3 is 24.4 Å². The minimum atomic E-state index is -1.25. The van der Waals surface area contributed by atoms with Gasteiger partial charge in [-0.05, 0) is 38.0 Å². The molecule has 0 aromatic heterocycles. The SMILES string of the molecule is C=CCc1cc(OC)c(OC[C@H](O)C(C)(C)O)c(OC)c1. The second kappa shape index (κ2) is 7.33. The maximum atomic E-state index is 9.84. The van der Waals surface area contributed by atoms with Crippen LogP contribution < -0.4 is 14.2 Å². The van der Waals surface area contributed by atoms with Crippen molar-refractivity contribution < 1.29 is 24.4 Å². The minimum absolute atomic E-state index is 0.0724. The lowest BCUT2D eigenvalue weighted by atomic mass is 10.0. The van der Waals surface area contributed by atoms with Crippen LogP contribution in [0.2, 0.25) is 0 Å². The fourth-order valence-electron chi connectivity index (χ4n) is 1.73. The Hall–Kier alpha value is -1.72. The molecule has 118 valence electrons. The molecule has 5 heteroatoms. The van der Waals surface area contributed by atoms with E-state index < -0.39 is 11.7 Å². The number of aliphatic hydroxyl groups excluding tert-OH is 1. The number of methoxy groups -OCH3 is 2. The molecule has 0 fully saturated rings. The van der Waals surface area contributed by atoms with Gasteiger partial charge in [-0.3, -0.25) is 0 Å². The number of allylic oxidation sites excluding steroid dienone is 1. The van der Waals surface area contributed by atoms with Crippen molar-refractivity contribution in [3.05, 3.63) is 30.4 Å². The average Bonchev–Trinajstić information content (AvgIpc) is 2.43. The summed E-state index contributed by atoms with van der Waals surface area (Å²) in [6.45, 7) is 6.66. The van der Waals surface area contributed by atoms with E-state index in [2.05, 4.69) is 6.58 Å². The lowest BCUT2D eigenvalue weighted by Gasteiger charge is -2.25. The highest BCUT2D eigenvalue weighted by molar-refractivity contribution is 5.54. The first-order valence-corrected chi connectivity index (χ1v) is 6.72. The molecule has 0 amide bonds. The van der Waals surface area contributed by atoms with E-state index in [0.29, 0.717) is 23.7 Å². The van der Waals surface area contributed by atoms with Crippen LogP contribution in [0.15, 0.2) is 24.8 Å². The Kier molecular flexibility index (Phi) is 6.05. The zero-order chi connectivity index (χ0) is 16.0. The van der Waals surface area contributed by atoms with Crippen molar-refractivity contribution in [2.24, 2.45) is 0 Å². The number of aliphatic hydroxyl groups is 2. The van der Waals surface area contributed by atoms with Gasteiger partial charge in [-0.15, -0.1) is 6.58 Å². The van der Waals surface area contributed by atoms with Crippen LogP contribution in [0.4, 0.5) is 0 Å². The quantitative estimate of drug-likeness (QED) is 0.718. The number of benzene rings is 1. The van der Waals surface area contributed by atoms with Gasteiger partial charge in [0.2, 0.25) is 5.75 Å². The second-order valence-corrected chi connectivity index (χ2v) is 5.30. The molecule has 0 unspecified atom stereocenters. The van der Waals surface area contributed by atoms with Crippen molar-refractivity contribution >= 4 is 0 Å². The highest BCUT2D eigenvalue weighted by atomic mass is 16.5. The molecular weight excluding hydrogens is 272 g/mol. The number of ether oxygens (including phenoxy) is 3. The molecule has 21 heavy (non-hydrogen) atoms. The normalized spacial score (nSPS) is 12.7. The molecule has 0 aliphatic carbocycles. The van der Waals surface area contributed by atoms with Crippen LogP contribution in [0, 0.1) is 0 Å². The van der Waals surface area contributed by atoms with E-state index in [1.807, 2.05) is 12.1 Å². The van der Waals surface area contributed by atoms with Crippen LogP contribution in [-0.2, 0) is 6.42 Å². The third-order valence-corrected chi connectivity index (χ3v) is 3.10. The number of hydrogen-bond acceptors (Lipinski definition) is 5. The first kappa shape index (κ1) is 17.3. The summed E-state index contributed by atoms with van der Waals surface area (Å²) in [7, 11) is 3.07. The zero-order valence-corrected chi connectivity index (χ0v) is 13.0. The Bertz CT molecular complexity index is 451. The van der Waals surface area contributed by atoms with Crippen molar-refractivity contribution in [3.63, 3.8) is 0 Å². The smallest absolute Gasteiger partial charge is 0.203 e. The molecule has 1 atom stereocenters. The topological polar surface area (TPSA) is 68.2 Å². The fourth-order valence-corrected chi connectivity index (χ4v) is 1.73. The van der Waals surface area contributed by atoms with E-state index in [4.69, 9.17) is 14.2 Å². The van der Waals surface area contributed by atoms with Gasteiger partial charge >= 0.3 is 0 Å². The summed E-state index contributed by atoms with van der Waals surface area (Å²) in [5.74, 6) is 1.42. The average molecular weight is 296 g/mol. The van der Waals surface area contributed by atoms with Gasteiger partial charge in [0.05, 0.1) is 19.8 Å². The third-order valence-electron chi connectivity index (χ3n) is 3.10. The predicted octanol–water partition coefficient (Wildman–Crippen LogP) is 1.94. The molecule has 0 radical (unpaired) electrons. The molecule has 2 N–H and O–H groups in total. The maximum absolute atomic E-state index is 9.84. The monoisotopic (exact) mass is 296 g/mol. The van der Waals surface area contributed by atoms with E-state index >= 15 is 0 Å². The fraction of sp³-hybridized carbons (Fsp3) is 0.500. The summed E-state index contributed by atoms with van der Waals surface area (Å²) in [6, 6.07) is 3.66. The van der Waals surface area contributed by atoms with E-state index in [1.165, 1.54) is 28.1 Å². The van der Waals surface area contributed by atoms with Crippen LogP contribution >= 0.6 is 0 Å². The molecule has 1 aromatic rings. The van der Waals surface area contributed by atoms with Crippen LogP contribution in [0.1, 0.15) is 19.4 Å². The summed E-state index contributed by atoms with van der Waals surface area (Å²) in [5, 5.41) is 19.6. The molecular formula is C16H24O5. The molecule has 0 bridgehead atoms. The van der Waals surface area contributed by atoms with Gasteiger partial charge in [-0.1, -0.05) is 6.08 Å². The molecule has 0 aliphatic heterocycles. The van der Waals surface area contributed by atoms with E-state index in [0.717, 1.165) is 5.56 Å². The van der Waals surface area contributed by atoms with Gasteiger partial charge in [0.15, 0.2) is 11.5 Å². The summed E-state index contributed by atoms with van der Waals surface area (Å²) >= 11 is 0. The van der Waals surface area contributed by atoms with Gasteiger partial charge in [0, 0.05) is 0 Å². The lowest BCUT2D eigenvalue weighted by Crippen LogP contribution is -2.40. The highest BCUT2D eigenvalue weighted by Crippen LogP contribution is 2.39. The van der Waals surface area contributed by atoms with E-state index in [1.54, 1.807) is 6.08 Å². The van der Waals surface area contributed by atoms with Crippen LogP contribution in [0.25, 0.3) is 0 Å². The van der Waals surface area contributed by atoms with Crippen molar-refractivity contribution in [3.8, 4) is 17.2 Å². The van der Waals surface area contributed by atoms with Gasteiger partial charge in [-0.25, -0.2) is 0 Å². The first-order chi connectivity index (χ1) is 9.83. The Morgan fingerprint density at radius 2 is 1.76 bits per heavy atom. The van der Waals surface area contributed by atoms with E-state index in [9.17, 15) is 10.2 Å². The predicted molar refractivity (Wildman–Crippen MR) is 81.2 cm³/mol. The third kappa shape index (κ3) is 4.65. The molecule has 1 aromatic carbocycles. The van der Waals surface area contributed by atoms with Crippen molar-refractivity contribution in [1.29, 1.82) is 0 Å². The molecule has 5 nitrogen and oxygen atoms in total. The second-order valence-electron chi connectivity index (χ2n) is 5.30. The van der Waals surface area contributed by atoms with Gasteiger partial charge in [0.25, 0.3) is 0 Å².